The monoisotopic (exact) mass is 322 g/mol. The van der Waals surface area contributed by atoms with Gasteiger partial charge in [0.2, 0.25) is 0 Å². The van der Waals surface area contributed by atoms with E-state index in [9.17, 15) is 5.11 Å². The normalized spacial score (nSPS) is 36.6. The molecule has 0 unspecified atom stereocenters. The van der Waals surface area contributed by atoms with Gasteiger partial charge in [0.25, 0.3) is 0 Å². The van der Waals surface area contributed by atoms with E-state index < -0.39 is 0 Å². The summed E-state index contributed by atoms with van der Waals surface area (Å²) in [5.74, 6) is 2.84. The number of allylic oxidation sites excluding steroid dienone is 3. The SMILES string of the molecule is CC=Cc1cc2c(cc1O)CC[C@@H]1[C@@H]2CC[C@]2(C)C(=CC)CC[C@@H]12. The molecule has 1 heteroatoms. The summed E-state index contributed by atoms with van der Waals surface area (Å²) in [4.78, 5) is 0. The van der Waals surface area contributed by atoms with E-state index in [1.54, 1.807) is 5.57 Å². The van der Waals surface area contributed by atoms with Gasteiger partial charge in [0.1, 0.15) is 5.75 Å². The number of benzene rings is 1. The van der Waals surface area contributed by atoms with Crippen LogP contribution in [0.25, 0.3) is 6.08 Å². The van der Waals surface area contributed by atoms with E-state index in [-0.39, 0.29) is 0 Å². The Kier molecular flexibility index (Phi) is 3.86. The predicted molar refractivity (Wildman–Crippen MR) is 101 cm³/mol. The molecule has 0 amide bonds. The van der Waals surface area contributed by atoms with Crippen LogP contribution in [0.3, 0.4) is 0 Å². The molecule has 0 aromatic heterocycles. The van der Waals surface area contributed by atoms with Crippen molar-refractivity contribution in [2.24, 2.45) is 17.3 Å². The minimum atomic E-state index is 0.447. The molecule has 0 radical (unpaired) electrons. The first-order valence-corrected chi connectivity index (χ1v) is 9.72. The molecule has 1 aromatic carbocycles. The highest BCUT2D eigenvalue weighted by molar-refractivity contribution is 5.60. The zero-order valence-electron chi connectivity index (χ0n) is 15.3. The largest absolute Gasteiger partial charge is 0.507 e. The third kappa shape index (κ3) is 2.20. The van der Waals surface area contributed by atoms with Gasteiger partial charge in [0, 0.05) is 5.56 Å². The lowest BCUT2D eigenvalue weighted by molar-refractivity contribution is 0.0813. The summed E-state index contributed by atoms with van der Waals surface area (Å²) in [6.45, 7) is 6.79. The Balaban J connectivity index is 1.73. The van der Waals surface area contributed by atoms with E-state index in [0.717, 1.165) is 23.8 Å². The summed E-state index contributed by atoms with van der Waals surface area (Å²) in [6.07, 6.45) is 14.2. The Labute approximate surface area is 146 Å². The molecule has 3 aliphatic carbocycles. The molecule has 4 rings (SSSR count). The standard InChI is InChI=1S/C23H30O/c1-4-6-16-13-20-15(14-22(16)24)7-9-19-18(20)11-12-23(3)17(5-2)8-10-21(19)23/h4-6,13-14,18-19,21,24H,7-12H2,1-3H3/t18-,19+,21-,23+/m0/s1. The third-order valence-electron chi connectivity index (χ3n) is 7.41. The smallest absolute Gasteiger partial charge is 0.123 e. The highest BCUT2D eigenvalue weighted by Gasteiger charge is 2.52. The number of phenolic OH excluding ortho intramolecular Hbond substituents is 1. The van der Waals surface area contributed by atoms with Gasteiger partial charge in [-0.3, -0.25) is 0 Å². The van der Waals surface area contributed by atoms with Crippen LogP contribution in [-0.2, 0) is 6.42 Å². The molecule has 4 atom stereocenters. The number of phenols is 1. The van der Waals surface area contributed by atoms with E-state index in [4.69, 9.17) is 0 Å². The van der Waals surface area contributed by atoms with Gasteiger partial charge in [-0.2, -0.15) is 0 Å². The van der Waals surface area contributed by atoms with Crippen molar-refractivity contribution in [2.45, 2.75) is 65.2 Å². The molecular formula is C23H30O. The fourth-order valence-electron chi connectivity index (χ4n) is 6.26. The highest BCUT2D eigenvalue weighted by Crippen LogP contribution is 2.62. The first-order chi connectivity index (χ1) is 11.6. The average molecular weight is 322 g/mol. The summed E-state index contributed by atoms with van der Waals surface area (Å²) in [5, 5.41) is 10.3. The van der Waals surface area contributed by atoms with Gasteiger partial charge in [-0.05, 0) is 98.8 Å². The summed E-state index contributed by atoms with van der Waals surface area (Å²) in [6, 6.07) is 4.33. The molecule has 1 N–H and O–H groups in total. The van der Waals surface area contributed by atoms with Gasteiger partial charge in [-0.1, -0.05) is 30.7 Å². The first-order valence-electron chi connectivity index (χ1n) is 9.72. The third-order valence-corrected chi connectivity index (χ3v) is 7.41. The van der Waals surface area contributed by atoms with E-state index in [2.05, 4.69) is 26.0 Å². The van der Waals surface area contributed by atoms with Crippen molar-refractivity contribution in [1.82, 2.24) is 0 Å². The molecule has 2 fully saturated rings. The quantitative estimate of drug-likeness (QED) is 0.608. The van der Waals surface area contributed by atoms with Gasteiger partial charge in [-0.25, -0.2) is 0 Å². The zero-order valence-corrected chi connectivity index (χ0v) is 15.3. The van der Waals surface area contributed by atoms with E-state index >= 15 is 0 Å². The van der Waals surface area contributed by atoms with Crippen LogP contribution in [0.15, 0.2) is 29.9 Å². The average Bonchev–Trinajstić information content (AvgIpc) is 2.92. The molecule has 0 spiro atoms. The van der Waals surface area contributed by atoms with Crippen LogP contribution in [0, 0.1) is 17.3 Å². The van der Waals surface area contributed by atoms with Gasteiger partial charge >= 0.3 is 0 Å². The fourth-order valence-corrected chi connectivity index (χ4v) is 6.26. The number of rotatable bonds is 1. The zero-order chi connectivity index (χ0) is 16.9. The van der Waals surface area contributed by atoms with Crippen LogP contribution in [0.2, 0.25) is 0 Å². The van der Waals surface area contributed by atoms with Crippen molar-refractivity contribution in [1.29, 1.82) is 0 Å². The number of aryl methyl sites for hydroxylation is 1. The summed E-state index contributed by atoms with van der Waals surface area (Å²) >= 11 is 0. The molecule has 0 aliphatic heterocycles. The van der Waals surface area contributed by atoms with Crippen molar-refractivity contribution in [2.75, 3.05) is 0 Å². The second kappa shape index (κ2) is 5.79. The van der Waals surface area contributed by atoms with E-state index in [1.807, 2.05) is 25.1 Å². The molecule has 2 saturated carbocycles. The van der Waals surface area contributed by atoms with Crippen molar-refractivity contribution in [3.8, 4) is 5.75 Å². The molecule has 3 aliphatic rings. The predicted octanol–water partition coefficient (Wildman–Crippen LogP) is 6.23. The Morgan fingerprint density at radius 2 is 1.96 bits per heavy atom. The summed E-state index contributed by atoms with van der Waals surface area (Å²) < 4.78 is 0. The van der Waals surface area contributed by atoms with Crippen molar-refractivity contribution < 1.29 is 5.11 Å². The fraction of sp³-hybridized carbons (Fsp3) is 0.565. The second-order valence-corrected chi connectivity index (χ2v) is 8.33. The molecule has 128 valence electrons. The molecule has 1 aromatic rings. The topological polar surface area (TPSA) is 20.2 Å². The molecule has 0 bridgehead atoms. The lowest BCUT2D eigenvalue weighted by Crippen LogP contribution is -2.40. The maximum atomic E-state index is 10.3. The van der Waals surface area contributed by atoms with Crippen LogP contribution in [-0.4, -0.2) is 5.11 Å². The lowest BCUT2D eigenvalue weighted by Gasteiger charge is -2.49. The minimum absolute atomic E-state index is 0.447. The maximum absolute atomic E-state index is 10.3. The number of hydrogen-bond donors (Lipinski definition) is 1. The second-order valence-electron chi connectivity index (χ2n) is 8.33. The van der Waals surface area contributed by atoms with Gasteiger partial charge in [-0.15, -0.1) is 0 Å². The Bertz CT molecular complexity index is 711. The Morgan fingerprint density at radius 3 is 2.71 bits per heavy atom. The highest BCUT2D eigenvalue weighted by atomic mass is 16.3. The van der Waals surface area contributed by atoms with Gasteiger partial charge in [0.15, 0.2) is 0 Å². The number of aromatic hydroxyl groups is 1. The van der Waals surface area contributed by atoms with Crippen LogP contribution in [0.4, 0.5) is 0 Å². The summed E-state index contributed by atoms with van der Waals surface area (Å²) in [7, 11) is 0. The molecule has 1 nitrogen and oxygen atoms in total. The maximum Gasteiger partial charge on any atom is 0.123 e. The van der Waals surface area contributed by atoms with E-state index in [0.29, 0.717) is 17.1 Å². The summed E-state index contributed by atoms with van der Waals surface area (Å²) in [5.41, 5.74) is 6.10. The van der Waals surface area contributed by atoms with Crippen LogP contribution < -0.4 is 0 Å². The minimum Gasteiger partial charge on any atom is -0.507 e. The Morgan fingerprint density at radius 1 is 1.12 bits per heavy atom. The first kappa shape index (κ1) is 16.0. The molecular weight excluding hydrogens is 292 g/mol. The van der Waals surface area contributed by atoms with Crippen molar-refractivity contribution in [3.63, 3.8) is 0 Å². The lowest BCUT2D eigenvalue weighted by atomic mass is 9.55. The molecule has 0 saturated heterocycles. The van der Waals surface area contributed by atoms with Gasteiger partial charge < -0.3 is 5.11 Å². The Hall–Kier alpha value is -1.50. The van der Waals surface area contributed by atoms with Crippen molar-refractivity contribution >= 4 is 6.08 Å². The van der Waals surface area contributed by atoms with Crippen LogP contribution in [0.1, 0.15) is 75.5 Å². The number of fused-ring (bicyclic) bond motifs is 5. The number of hydrogen-bond acceptors (Lipinski definition) is 1. The van der Waals surface area contributed by atoms with Crippen LogP contribution >= 0.6 is 0 Å². The van der Waals surface area contributed by atoms with Gasteiger partial charge in [0.05, 0.1) is 0 Å². The van der Waals surface area contributed by atoms with Crippen molar-refractivity contribution in [3.05, 3.63) is 46.5 Å². The van der Waals surface area contributed by atoms with E-state index in [1.165, 1.54) is 43.2 Å². The molecule has 0 heterocycles. The van der Waals surface area contributed by atoms with Crippen LogP contribution in [0.5, 0.6) is 5.75 Å². The molecule has 24 heavy (non-hydrogen) atoms.